The molecule has 4 nitrogen and oxygen atoms in total. The van der Waals surface area contributed by atoms with Crippen LogP contribution >= 0.6 is 0 Å². The molecule has 1 aliphatic carbocycles. The molecule has 0 radical (unpaired) electrons. The highest BCUT2D eigenvalue weighted by atomic mass is 15.3. The fraction of sp³-hybridized carbons (Fsp3) is 1.00. The molecule has 124 valence electrons. The Labute approximate surface area is 131 Å². The molecule has 2 rings (SSSR count). The van der Waals surface area contributed by atoms with Crippen molar-refractivity contribution in [2.24, 2.45) is 17.6 Å². The second-order valence-electron chi connectivity index (χ2n) is 7.50. The molecule has 1 heterocycles. The van der Waals surface area contributed by atoms with Crippen molar-refractivity contribution < 1.29 is 0 Å². The molecular formula is C17H36N4. The van der Waals surface area contributed by atoms with E-state index >= 15 is 0 Å². The molecule has 1 unspecified atom stereocenters. The van der Waals surface area contributed by atoms with Crippen LogP contribution < -0.4 is 5.73 Å². The standard InChI is InChI=1S/C17H36N4/c1-15-4-6-16(7-5-15)17(14-18)21-12-10-20(11-13-21)9-8-19(2)3/h15-17H,4-14,18H2,1-3H3. The van der Waals surface area contributed by atoms with Crippen LogP contribution in [0.1, 0.15) is 32.6 Å². The number of hydrogen-bond acceptors (Lipinski definition) is 4. The summed E-state index contributed by atoms with van der Waals surface area (Å²) in [7, 11) is 4.32. The van der Waals surface area contributed by atoms with Gasteiger partial charge in [0.25, 0.3) is 0 Å². The molecule has 0 aromatic rings. The summed E-state index contributed by atoms with van der Waals surface area (Å²) in [6.07, 6.45) is 5.60. The maximum Gasteiger partial charge on any atom is 0.0247 e. The van der Waals surface area contributed by atoms with E-state index in [9.17, 15) is 0 Å². The minimum absolute atomic E-state index is 0.633. The van der Waals surface area contributed by atoms with Crippen LogP contribution in [0.5, 0.6) is 0 Å². The number of piperazine rings is 1. The topological polar surface area (TPSA) is 35.7 Å². The lowest BCUT2D eigenvalue weighted by Gasteiger charge is -2.43. The summed E-state index contributed by atoms with van der Waals surface area (Å²) in [5, 5.41) is 0. The molecule has 1 aliphatic heterocycles. The maximum atomic E-state index is 6.14. The van der Waals surface area contributed by atoms with Gasteiger partial charge in [-0.25, -0.2) is 0 Å². The fourth-order valence-corrected chi connectivity index (χ4v) is 3.97. The van der Waals surface area contributed by atoms with Crippen molar-refractivity contribution in [3.63, 3.8) is 0 Å². The summed E-state index contributed by atoms with van der Waals surface area (Å²) in [6.45, 7) is 10.5. The Balaban J connectivity index is 1.76. The first-order valence-corrected chi connectivity index (χ1v) is 8.91. The van der Waals surface area contributed by atoms with Crippen LogP contribution in [0, 0.1) is 11.8 Å². The molecular weight excluding hydrogens is 260 g/mol. The third-order valence-electron chi connectivity index (χ3n) is 5.59. The van der Waals surface area contributed by atoms with E-state index in [0.29, 0.717) is 6.04 Å². The monoisotopic (exact) mass is 296 g/mol. The molecule has 21 heavy (non-hydrogen) atoms. The SMILES string of the molecule is CC1CCC(C(CN)N2CCN(CCN(C)C)CC2)CC1. The third-order valence-corrected chi connectivity index (χ3v) is 5.59. The summed E-state index contributed by atoms with van der Waals surface area (Å²) in [5.41, 5.74) is 6.14. The first-order valence-electron chi connectivity index (χ1n) is 8.91. The quantitative estimate of drug-likeness (QED) is 0.802. The van der Waals surface area contributed by atoms with Gasteiger partial charge >= 0.3 is 0 Å². The number of nitrogens with zero attached hydrogens (tertiary/aromatic N) is 3. The van der Waals surface area contributed by atoms with E-state index in [4.69, 9.17) is 5.73 Å². The van der Waals surface area contributed by atoms with Crippen LogP contribution in [0.25, 0.3) is 0 Å². The average molecular weight is 297 g/mol. The van der Waals surface area contributed by atoms with E-state index in [1.807, 2.05) is 0 Å². The Morgan fingerprint density at radius 3 is 2.19 bits per heavy atom. The van der Waals surface area contributed by atoms with Crippen molar-refractivity contribution in [2.75, 3.05) is 59.9 Å². The van der Waals surface area contributed by atoms with E-state index in [1.165, 1.54) is 65.0 Å². The molecule has 2 aliphatic rings. The smallest absolute Gasteiger partial charge is 0.0247 e. The molecule has 0 aromatic heterocycles. The fourth-order valence-electron chi connectivity index (χ4n) is 3.97. The van der Waals surface area contributed by atoms with Crippen molar-refractivity contribution in [3.05, 3.63) is 0 Å². The van der Waals surface area contributed by atoms with Gasteiger partial charge in [0.15, 0.2) is 0 Å². The van der Waals surface area contributed by atoms with Crippen molar-refractivity contribution in [1.29, 1.82) is 0 Å². The van der Waals surface area contributed by atoms with E-state index < -0.39 is 0 Å². The second-order valence-corrected chi connectivity index (χ2v) is 7.50. The van der Waals surface area contributed by atoms with Crippen LogP contribution in [0.2, 0.25) is 0 Å². The van der Waals surface area contributed by atoms with Crippen LogP contribution in [0.4, 0.5) is 0 Å². The zero-order chi connectivity index (χ0) is 15.2. The summed E-state index contributed by atoms with van der Waals surface area (Å²) < 4.78 is 0. The van der Waals surface area contributed by atoms with Gasteiger partial charge in [0.05, 0.1) is 0 Å². The van der Waals surface area contributed by atoms with Crippen LogP contribution in [0.3, 0.4) is 0 Å². The van der Waals surface area contributed by atoms with Crippen molar-refractivity contribution in [2.45, 2.75) is 38.6 Å². The van der Waals surface area contributed by atoms with Gasteiger partial charge in [-0.15, -0.1) is 0 Å². The van der Waals surface area contributed by atoms with E-state index in [2.05, 4.69) is 35.7 Å². The highest BCUT2D eigenvalue weighted by Crippen LogP contribution is 2.32. The van der Waals surface area contributed by atoms with E-state index in [0.717, 1.165) is 18.4 Å². The van der Waals surface area contributed by atoms with Crippen LogP contribution in [-0.4, -0.2) is 80.7 Å². The molecule has 1 saturated heterocycles. The number of nitrogens with two attached hydrogens (primary N) is 1. The molecule has 1 atom stereocenters. The van der Waals surface area contributed by atoms with Gasteiger partial charge in [-0.05, 0) is 38.8 Å². The summed E-state index contributed by atoms with van der Waals surface area (Å²) >= 11 is 0. The van der Waals surface area contributed by atoms with Gasteiger partial charge in [0.2, 0.25) is 0 Å². The van der Waals surface area contributed by atoms with Gasteiger partial charge in [0.1, 0.15) is 0 Å². The predicted octanol–water partition coefficient (Wildman–Crippen LogP) is 1.32. The molecule has 0 spiro atoms. The minimum atomic E-state index is 0.633. The molecule has 0 aromatic carbocycles. The van der Waals surface area contributed by atoms with Gasteiger partial charge in [-0.1, -0.05) is 19.8 Å². The first-order chi connectivity index (χ1) is 10.1. The number of hydrogen-bond donors (Lipinski definition) is 1. The number of likely N-dealkylation sites (N-methyl/N-ethyl adjacent to an activating group) is 1. The normalized spacial score (nSPS) is 30.7. The Bertz CT molecular complexity index is 279. The lowest BCUT2D eigenvalue weighted by molar-refractivity contribution is 0.0556. The average Bonchev–Trinajstić information content (AvgIpc) is 2.49. The van der Waals surface area contributed by atoms with Crippen molar-refractivity contribution >= 4 is 0 Å². The lowest BCUT2D eigenvalue weighted by Crippen LogP contribution is -2.55. The van der Waals surface area contributed by atoms with Gasteiger partial charge in [-0.3, -0.25) is 9.80 Å². The second kappa shape index (κ2) is 8.47. The highest BCUT2D eigenvalue weighted by Gasteiger charge is 2.31. The molecule has 0 bridgehead atoms. The summed E-state index contributed by atoms with van der Waals surface area (Å²) in [4.78, 5) is 7.57. The Kier molecular flexibility index (Phi) is 6.93. The Morgan fingerprint density at radius 1 is 1.05 bits per heavy atom. The van der Waals surface area contributed by atoms with Crippen molar-refractivity contribution in [3.8, 4) is 0 Å². The molecule has 2 N–H and O–H groups in total. The Morgan fingerprint density at radius 2 is 1.67 bits per heavy atom. The largest absolute Gasteiger partial charge is 0.329 e. The maximum absolute atomic E-state index is 6.14. The van der Waals surface area contributed by atoms with E-state index in [-0.39, 0.29) is 0 Å². The number of rotatable bonds is 6. The lowest BCUT2D eigenvalue weighted by atomic mass is 9.78. The summed E-state index contributed by atoms with van der Waals surface area (Å²) in [6, 6.07) is 0.633. The van der Waals surface area contributed by atoms with Gasteiger partial charge < -0.3 is 10.6 Å². The molecule has 2 fully saturated rings. The summed E-state index contributed by atoms with van der Waals surface area (Å²) in [5.74, 6) is 1.78. The molecule has 1 saturated carbocycles. The van der Waals surface area contributed by atoms with E-state index in [1.54, 1.807) is 0 Å². The first kappa shape index (κ1) is 17.2. The highest BCUT2D eigenvalue weighted by molar-refractivity contribution is 4.86. The Hall–Kier alpha value is -0.160. The van der Waals surface area contributed by atoms with Gasteiger partial charge in [-0.2, -0.15) is 0 Å². The molecule has 0 amide bonds. The third kappa shape index (κ3) is 5.20. The molecule has 4 heteroatoms. The van der Waals surface area contributed by atoms with Crippen LogP contribution in [-0.2, 0) is 0 Å². The van der Waals surface area contributed by atoms with Crippen LogP contribution in [0.15, 0.2) is 0 Å². The predicted molar refractivity (Wildman–Crippen MR) is 90.5 cm³/mol. The minimum Gasteiger partial charge on any atom is -0.329 e. The zero-order valence-electron chi connectivity index (χ0n) is 14.4. The van der Waals surface area contributed by atoms with Gasteiger partial charge in [0, 0.05) is 51.9 Å². The van der Waals surface area contributed by atoms with Crippen molar-refractivity contribution in [1.82, 2.24) is 14.7 Å². The zero-order valence-corrected chi connectivity index (χ0v) is 14.4.